The molecule has 78 valence electrons. The van der Waals surface area contributed by atoms with Crippen molar-refractivity contribution in [3.63, 3.8) is 0 Å². The Bertz CT molecular complexity index is 156. The molecule has 1 aliphatic heterocycles. The molecule has 1 nitrogen and oxygen atoms in total. The summed E-state index contributed by atoms with van der Waals surface area (Å²) < 4.78 is 13.7. The summed E-state index contributed by atoms with van der Waals surface area (Å²) in [5, 5.41) is 0. The van der Waals surface area contributed by atoms with E-state index in [1.165, 1.54) is 0 Å². The minimum Gasteiger partial charge on any atom is -0.298 e. The van der Waals surface area contributed by atoms with Gasteiger partial charge in [-0.1, -0.05) is 13.8 Å². The third-order valence-corrected chi connectivity index (χ3v) is 3.21. The van der Waals surface area contributed by atoms with E-state index in [0.29, 0.717) is 18.5 Å². The topological polar surface area (TPSA) is 3.24 Å². The fourth-order valence-electron chi connectivity index (χ4n) is 2.17. The van der Waals surface area contributed by atoms with Crippen LogP contribution >= 0.6 is 0 Å². The summed E-state index contributed by atoms with van der Waals surface area (Å²) >= 11 is 0. The SMILES string of the molecule is CC(C)C1CCN(C(C)C)C[C@@H]1F. The van der Waals surface area contributed by atoms with Crippen LogP contribution in [0.4, 0.5) is 4.39 Å². The molecule has 0 aliphatic carbocycles. The lowest BCUT2D eigenvalue weighted by molar-refractivity contribution is 0.0452. The van der Waals surface area contributed by atoms with Crippen molar-refractivity contribution in [2.24, 2.45) is 11.8 Å². The zero-order valence-corrected chi connectivity index (χ0v) is 9.26. The average Bonchev–Trinajstić information content (AvgIpc) is 2.03. The molecule has 2 heteroatoms. The van der Waals surface area contributed by atoms with Gasteiger partial charge in [-0.05, 0) is 38.6 Å². The molecule has 0 amide bonds. The van der Waals surface area contributed by atoms with Gasteiger partial charge < -0.3 is 0 Å². The molecule has 0 N–H and O–H groups in total. The summed E-state index contributed by atoms with van der Waals surface area (Å²) in [5.41, 5.74) is 0. The van der Waals surface area contributed by atoms with Gasteiger partial charge in [0.15, 0.2) is 0 Å². The van der Waals surface area contributed by atoms with Crippen molar-refractivity contribution < 1.29 is 4.39 Å². The molecule has 1 saturated heterocycles. The molecule has 0 bridgehead atoms. The van der Waals surface area contributed by atoms with E-state index in [4.69, 9.17) is 0 Å². The normalized spacial score (nSPS) is 31.6. The van der Waals surface area contributed by atoms with Gasteiger partial charge in [-0.2, -0.15) is 0 Å². The summed E-state index contributed by atoms with van der Waals surface area (Å²) in [6.45, 7) is 10.2. The van der Waals surface area contributed by atoms with Crippen LogP contribution in [0.25, 0.3) is 0 Å². The Balaban J connectivity index is 2.46. The summed E-state index contributed by atoms with van der Waals surface area (Å²) in [7, 11) is 0. The second-order valence-corrected chi connectivity index (χ2v) is 4.80. The first-order valence-corrected chi connectivity index (χ1v) is 5.40. The minimum atomic E-state index is -0.615. The lowest BCUT2D eigenvalue weighted by Crippen LogP contribution is -2.46. The Kier molecular flexibility index (Phi) is 3.72. The van der Waals surface area contributed by atoms with Crippen molar-refractivity contribution in [2.45, 2.75) is 46.3 Å². The summed E-state index contributed by atoms with van der Waals surface area (Å²) in [5.74, 6) is 0.777. The van der Waals surface area contributed by atoms with Crippen LogP contribution in [0.5, 0.6) is 0 Å². The van der Waals surface area contributed by atoms with Crippen molar-refractivity contribution in [2.75, 3.05) is 13.1 Å². The third-order valence-electron chi connectivity index (χ3n) is 3.21. The average molecular weight is 187 g/mol. The van der Waals surface area contributed by atoms with Gasteiger partial charge in [0.2, 0.25) is 0 Å². The van der Waals surface area contributed by atoms with Gasteiger partial charge in [-0.25, -0.2) is 4.39 Å². The smallest absolute Gasteiger partial charge is 0.116 e. The third kappa shape index (κ3) is 2.67. The van der Waals surface area contributed by atoms with E-state index >= 15 is 0 Å². The van der Waals surface area contributed by atoms with Gasteiger partial charge in [0.1, 0.15) is 6.17 Å². The first-order chi connectivity index (χ1) is 6.02. The Morgan fingerprint density at radius 3 is 2.23 bits per heavy atom. The highest BCUT2D eigenvalue weighted by atomic mass is 19.1. The molecule has 13 heavy (non-hydrogen) atoms. The molecular formula is C11H22FN. The Morgan fingerprint density at radius 1 is 1.23 bits per heavy atom. The zero-order valence-electron chi connectivity index (χ0n) is 9.26. The monoisotopic (exact) mass is 187 g/mol. The maximum absolute atomic E-state index is 13.7. The lowest BCUT2D eigenvalue weighted by atomic mass is 9.85. The molecule has 1 aliphatic rings. The second kappa shape index (κ2) is 4.41. The number of halogens is 1. The first-order valence-electron chi connectivity index (χ1n) is 5.40. The number of alkyl halides is 1. The number of piperidine rings is 1. The van der Waals surface area contributed by atoms with Crippen molar-refractivity contribution in [1.29, 1.82) is 0 Å². The number of hydrogen-bond acceptors (Lipinski definition) is 1. The van der Waals surface area contributed by atoms with E-state index in [1.807, 2.05) is 0 Å². The highest BCUT2D eigenvalue weighted by Gasteiger charge is 2.31. The van der Waals surface area contributed by atoms with Gasteiger partial charge in [0, 0.05) is 12.6 Å². The van der Waals surface area contributed by atoms with Crippen molar-refractivity contribution in [3.8, 4) is 0 Å². The molecule has 0 aromatic heterocycles. The summed E-state index contributed by atoms with van der Waals surface area (Å²) in [4.78, 5) is 2.24. The van der Waals surface area contributed by atoms with Gasteiger partial charge in [0.05, 0.1) is 0 Å². The van der Waals surface area contributed by atoms with E-state index in [9.17, 15) is 4.39 Å². The second-order valence-electron chi connectivity index (χ2n) is 4.80. The van der Waals surface area contributed by atoms with Crippen LogP contribution in [0.15, 0.2) is 0 Å². The predicted octanol–water partition coefficient (Wildman–Crippen LogP) is 2.71. The van der Waals surface area contributed by atoms with Gasteiger partial charge >= 0.3 is 0 Å². The van der Waals surface area contributed by atoms with Gasteiger partial charge in [0.25, 0.3) is 0 Å². The van der Waals surface area contributed by atoms with Gasteiger partial charge in [-0.3, -0.25) is 4.90 Å². The standard InChI is InChI=1S/C11H22FN/c1-8(2)10-5-6-13(9(3)4)7-11(10)12/h8-11H,5-7H2,1-4H3/t10?,11-/m0/s1. The highest BCUT2D eigenvalue weighted by molar-refractivity contribution is 4.83. The van der Waals surface area contributed by atoms with Gasteiger partial charge in [-0.15, -0.1) is 0 Å². The molecule has 1 heterocycles. The van der Waals surface area contributed by atoms with E-state index in [0.717, 1.165) is 13.0 Å². The predicted molar refractivity (Wildman–Crippen MR) is 54.6 cm³/mol. The number of hydrogen-bond donors (Lipinski definition) is 0. The fraction of sp³-hybridized carbons (Fsp3) is 1.00. The zero-order chi connectivity index (χ0) is 10.0. The summed E-state index contributed by atoms with van der Waals surface area (Å²) in [6, 6.07) is 0.492. The molecule has 2 atom stereocenters. The molecule has 0 radical (unpaired) electrons. The minimum absolute atomic E-state index is 0.287. The van der Waals surface area contributed by atoms with Crippen molar-refractivity contribution >= 4 is 0 Å². The Morgan fingerprint density at radius 2 is 1.85 bits per heavy atom. The first kappa shape index (κ1) is 11.0. The van der Waals surface area contributed by atoms with Crippen LogP contribution < -0.4 is 0 Å². The quantitative estimate of drug-likeness (QED) is 0.642. The van der Waals surface area contributed by atoms with Crippen molar-refractivity contribution in [1.82, 2.24) is 4.90 Å². The molecule has 0 spiro atoms. The van der Waals surface area contributed by atoms with Crippen LogP contribution in [-0.2, 0) is 0 Å². The fourth-order valence-corrected chi connectivity index (χ4v) is 2.17. The molecule has 1 rings (SSSR count). The maximum atomic E-state index is 13.7. The number of nitrogens with zero attached hydrogens (tertiary/aromatic N) is 1. The largest absolute Gasteiger partial charge is 0.298 e. The van der Waals surface area contributed by atoms with Crippen LogP contribution in [0.1, 0.15) is 34.1 Å². The van der Waals surface area contributed by atoms with E-state index in [2.05, 4.69) is 32.6 Å². The molecule has 1 unspecified atom stereocenters. The molecule has 1 fully saturated rings. The maximum Gasteiger partial charge on any atom is 0.116 e. The van der Waals surface area contributed by atoms with Crippen LogP contribution in [0, 0.1) is 11.8 Å². The molecule has 0 aromatic carbocycles. The van der Waals surface area contributed by atoms with E-state index in [-0.39, 0.29) is 5.92 Å². The molecule has 0 aromatic rings. The van der Waals surface area contributed by atoms with Crippen LogP contribution in [0.2, 0.25) is 0 Å². The van der Waals surface area contributed by atoms with Crippen LogP contribution in [-0.4, -0.2) is 30.2 Å². The molecule has 0 saturated carbocycles. The van der Waals surface area contributed by atoms with E-state index < -0.39 is 6.17 Å². The number of likely N-dealkylation sites (tertiary alicyclic amines) is 1. The Hall–Kier alpha value is -0.110. The van der Waals surface area contributed by atoms with Crippen LogP contribution in [0.3, 0.4) is 0 Å². The highest BCUT2D eigenvalue weighted by Crippen LogP contribution is 2.27. The lowest BCUT2D eigenvalue weighted by Gasteiger charge is -2.38. The number of rotatable bonds is 2. The van der Waals surface area contributed by atoms with Crippen molar-refractivity contribution in [3.05, 3.63) is 0 Å². The summed E-state index contributed by atoms with van der Waals surface area (Å²) in [6.07, 6.45) is 0.410. The Labute approximate surface area is 81.3 Å². The van der Waals surface area contributed by atoms with E-state index in [1.54, 1.807) is 0 Å². The molecular weight excluding hydrogens is 165 g/mol.